The van der Waals surface area contributed by atoms with E-state index in [1.54, 1.807) is 23.9 Å². The number of fused-ring (bicyclic) bond motifs is 15. The van der Waals surface area contributed by atoms with Crippen LogP contribution in [0, 0.1) is 0 Å². The molecule has 23 rings (SSSR count). The lowest BCUT2D eigenvalue weighted by Gasteiger charge is -2.11. The molecule has 0 amide bonds. The zero-order chi connectivity index (χ0) is 75.9. The van der Waals surface area contributed by atoms with E-state index in [1.165, 1.54) is 58.3 Å². The lowest BCUT2D eigenvalue weighted by atomic mass is 9.95. The molecule has 8 heterocycles. The molecule has 0 radical (unpaired) electrons. The van der Waals surface area contributed by atoms with Gasteiger partial charge in [-0.2, -0.15) is 0 Å². The molecule has 0 saturated heterocycles. The van der Waals surface area contributed by atoms with Gasteiger partial charge in [0.15, 0.2) is 17.3 Å². The minimum atomic E-state index is 0.524. The van der Waals surface area contributed by atoms with Gasteiger partial charge in [-0.1, -0.05) is 285 Å². The van der Waals surface area contributed by atoms with E-state index in [1.807, 2.05) is 66.1 Å². The smallest absolute Gasteiger partial charge is 0.247 e. The average molecular weight is 1500 g/mol. The molecule has 0 aliphatic carbocycles. The number of rotatable bonds is 11. The Kier molecular flexibility index (Phi) is 16.4. The lowest BCUT2D eigenvalue weighted by molar-refractivity contribution is 0.655. The Hall–Kier alpha value is -15.0. The maximum absolute atomic E-state index is 6.13. The molecule has 0 aliphatic heterocycles. The van der Waals surface area contributed by atoms with Crippen molar-refractivity contribution in [1.29, 1.82) is 0 Å². The fraction of sp³-hybridized carbons (Fsp3) is 0. The summed E-state index contributed by atoms with van der Waals surface area (Å²) in [6, 6.07) is 124. The van der Waals surface area contributed by atoms with Crippen LogP contribution in [0.4, 0.5) is 0 Å². The Morgan fingerprint density at radius 3 is 1.43 bits per heavy atom. The summed E-state index contributed by atoms with van der Waals surface area (Å²) < 4.78 is 11.0. The molecule has 0 saturated carbocycles. The van der Waals surface area contributed by atoms with Crippen molar-refractivity contribution < 1.29 is 4.42 Å². The van der Waals surface area contributed by atoms with Crippen molar-refractivity contribution in [3.8, 4) is 123 Å². The second kappa shape index (κ2) is 28.1. The zero-order valence-corrected chi connectivity index (χ0v) is 63.1. The highest BCUT2D eigenvalue weighted by Gasteiger charge is 2.22. The third kappa shape index (κ3) is 12.2. The first-order chi connectivity index (χ1) is 56.9. The van der Waals surface area contributed by atoms with Gasteiger partial charge in [0.1, 0.15) is 22.9 Å². The third-order valence-corrected chi connectivity index (χ3v) is 24.2. The van der Waals surface area contributed by atoms with E-state index < -0.39 is 0 Å². The van der Waals surface area contributed by atoms with Gasteiger partial charge in [0.25, 0.3) is 0 Å². The molecule has 8 aromatic heterocycles. The van der Waals surface area contributed by atoms with E-state index in [0.29, 0.717) is 17.2 Å². The minimum Gasteiger partial charge on any atom is -0.436 e. The highest BCUT2D eigenvalue weighted by molar-refractivity contribution is 7.26. The quantitative estimate of drug-likeness (QED) is 0.123. The highest BCUT2D eigenvalue weighted by atomic mass is 32.1. The lowest BCUT2D eigenvalue weighted by Crippen LogP contribution is -1.95. The van der Waals surface area contributed by atoms with Crippen LogP contribution in [-0.4, -0.2) is 44.9 Å². The van der Waals surface area contributed by atoms with Gasteiger partial charge >= 0.3 is 0 Å². The van der Waals surface area contributed by atoms with E-state index >= 15 is 0 Å². The second-order valence-electron chi connectivity index (χ2n) is 28.8. The van der Waals surface area contributed by atoms with E-state index in [-0.39, 0.29) is 0 Å². The molecule has 12 heteroatoms. The maximum Gasteiger partial charge on any atom is 0.247 e. The Labute approximate surface area is 667 Å². The van der Waals surface area contributed by atoms with Crippen molar-refractivity contribution in [2.24, 2.45) is 0 Å². The fourth-order valence-corrected chi connectivity index (χ4v) is 18.5. The predicted octanol–water partition coefficient (Wildman–Crippen LogP) is 27.5. The number of benzene rings is 15. The molecule has 0 spiro atoms. The van der Waals surface area contributed by atoms with Crippen LogP contribution in [0.5, 0.6) is 0 Å². The predicted molar refractivity (Wildman–Crippen MR) is 476 cm³/mol. The topological polar surface area (TPSA) is 129 Å². The summed E-state index contributed by atoms with van der Waals surface area (Å²) in [5, 5.41) is 8.84. The largest absolute Gasteiger partial charge is 0.436 e. The van der Waals surface area contributed by atoms with Gasteiger partial charge in [0, 0.05) is 81.2 Å². The Bertz CT molecular complexity index is 7760. The molecule has 0 fully saturated rings. The number of thiophene rings is 2. The SMILES string of the molecule is c1ccc(-c2ccc(-c3nc(-c4cccc(-c5ccc(-c6ccc(-c7cc8cncnc8c8c7sc7ccccc78)cc6)cc5)c4)nc4c3sc3ccccc34)cc2)cc1.c1ccc(-c2nc(-c3cccc(-c4cccc(-c5ccc(-c6ccc7c(ccc8oc9nc%10cccnc%10nc9c87)c6)cc5)c4)c3)nc3ccccc23)cc1. The minimum absolute atomic E-state index is 0.524. The van der Waals surface area contributed by atoms with Crippen LogP contribution >= 0.6 is 22.7 Å². The molecular weight excluding hydrogens is 1440 g/mol. The Balaban J connectivity index is 0.000000140. The molecule has 0 N–H and O–H groups in total. The standard InChI is InChI=1S/C54H32N4S2.C49H29N5O/c1-2-9-33(10-3-1)34-23-27-39(28-24-34)50-53-51(44-14-5-7-16-47(44)60-53)58-54(57-50)41-12-8-11-40(29-41)37-19-17-35(18-20-37)36-21-25-38(26-22-36)45-30-42-31-55-32-56-49(42)48-43-13-4-6-15-46(43)59-52(45)48;1-2-9-32(10-3-1)45-40-15-4-5-16-41(40)51-47(53-45)38-14-7-13-35(29-38)34-12-6-11-33(27-34)30-18-20-31(21-19-30)36-22-24-39-37(28-36)23-25-43-44(39)46-49(55-43)52-42-17-8-26-50-48(42)54-46/h1-32H;1-29H. The Morgan fingerprint density at radius 1 is 0.261 bits per heavy atom. The molecule has 0 atom stereocenters. The normalized spacial score (nSPS) is 11.7. The maximum atomic E-state index is 6.13. The number of para-hydroxylation sites is 1. The van der Waals surface area contributed by atoms with Crippen molar-refractivity contribution in [2.75, 3.05) is 0 Å². The van der Waals surface area contributed by atoms with Gasteiger partial charge in [-0.15, -0.1) is 22.7 Å². The van der Waals surface area contributed by atoms with Crippen LogP contribution < -0.4 is 0 Å². The molecule has 536 valence electrons. The number of furan rings is 1. The summed E-state index contributed by atoms with van der Waals surface area (Å²) in [5.41, 5.74) is 28.5. The van der Waals surface area contributed by atoms with E-state index in [9.17, 15) is 0 Å². The highest BCUT2D eigenvalue weighted by Crippen LogP contribution is 2.46. The molecule has 23 aromatic rings. The summed E-state index contributed by atoms with van der Waals surface area (Å²) in [7, 11) is 0. The summed E-state index contributed by atoms with van der Waals surface area (Å²) in [4.78, 5) is 43.6. The summed E-state index contributed by atoms with van der Waals surface area (Å²) in [6.07, 6.45) is 5.30. The van der Waals surface area contributed by atoms with Crippen LogP contribution in [-0.2, 0) is 0 Å². The van der Waals surface area contributed by atoms with Crippen molar-refractivity contribution in [3.63, 3.8) is 0 Å². The molecule has 10 nitrogen and oxygen atoms in total. The Morgan fingerprint density at radius 2 is 0.748 bits per heavy atom. The van der Waals surface area contributed by atoms with Gasteiger partial charge in [-0.05, 0) is 150 Å². The first kappa shape index (κ1) is 67.0. The van der Waals surface area contributed by atoms with Crippen molar-refractivity contribution >= 4 is 129 Å². The van der Waals surface area contributed by atoms with Crippen molar-refractivity contribution in [1.82, 2.24) is 44.9 Å². The summed E-state index contributed by atoms with van der Waals surface area (Å²) in [5.74, 6) is 1.43. The van der Waals surface area contributed by atoms with Crippen LogP contribution in [0.3, 0.4) is 0 Å². The number of nitrogens with zero attached hydrogens (tertiary/aromatic N) is 9. The molecular formula is C103H61N9OS2. The molecule has 0 aliphatic rings. The fourth-order valence-electron chi connectivity index (χ4n) is 16.1. The monoisotopic (exact) mass is 1500 g/mol. The van der Waals surface area contributed by atoms with Gasteiger partial charge in [0.2, 0.25) is 5.71 Å². The average Bonchev–Trinajstić information content (AvgIpc) is 1.62. The van der Waals surface area contributed by atoms with Gasteiger partial charge in [-0.3, -0.25) is 0 Å². The van der Waals surface area contributed by atoms with Crippen molar-refractivity contribution in [3.05, 3.63) is 371 Å². The summed E-state index contributed by atoms with van der Waals surface area (Å²) in [6.45, 7) is 0. The van der Waals surface area contributed by atoms with Gasteiger partial charge in [0.05, 0.1) is 38.0 Å². The van der Waals surface area contributed by atoms with Gasteiger partial charge in [-0.25, -0.2) is 44.9 Å². The molecule has 0 unspecified atom stereocenters. The third-order valence-electron chi connectivity index (χ3n) is 21.8. The van der Waals surface area contributed by atoms with Crippen LogP contribution in [0.1, 0.15) is 0 Å². The van der Waals surface area contributed by atoms with Crippen LogP contribution in [0.2, 0.25) is 0 Å². The van der Waals surface area contributed by atoms with Crippen LogP contribution in [0.25, 0.3) is 230 Å². The number of hydrogen-bond donors (Lipinski definition) is 0. The second-order valence-corrected chi connectivity index (χ2v) is 30.9. The number of aromatic nitrogens is 9. The molecule has 15 aromatic carbocycles. The zero-order valence-electron chi connectivity index (χ0n) is 61.5. The molecule has 115 heavy (non-hydrogen) atoms. The van der Waals surface area contributed by atoms with Crippen LogP contribution in [0.15, 0.2) is 375 Å². The first-order valence-electron chi connectivity index (χ1n) is 38.2. The van der Waals surface area contributed by atoms with Crippen molar-refractivity contribution in [2.45, 2.75) is 0 Å². The first-order valence-corrected chi connectivity index (χ1v) is 39.8. The van der Waals surface area contributed by atoms with E-state index in [0.717, 1.165) is 154 Å². The van der Waals surface area contributed by atoms with E-state index in [2.05, 4.69) is 318 Å². The van der Waals surface area contributed by atoms with E-state index in [4.69, 9.17) is 34.3 Å². The summed E-state index contributed by atoms with van der Waals surface area (Å²) >= 11 is 3.59. The number of hydrogen-bond acceptors (Lipinski definition) is 12. The molecule has 0 bridgehead atoms. The number of pyridine rings is 1. The van der Waals surface area contributed by atoms with Gasteiger partial charge < -0.3 is 4.42 Å².